The Kier molecular flexibility index (Phi) is 9.22. The summed E-state index contributed by atoms with van der Waals surface area (Å²) < 4.78 is 50.8. The molecular weight excluding hydrogens is 707 g/mol. The second-order valence-electron chi connectivity index (χ2n) is 11.5. The molecule has 4 heterocycles. The summed E-state index contributed by atoms with van der Waals surface area (Å²) in [7, 11) is 0. The zero-order valence-corrected chi connectivity index (χ0v) is 28.8. The lowest BCUT2D eigenvalue weighted by Gasteiger charge is -2.08. The maximum absolute atomic E-state index is 13.3. The topological polar surface area (TPSA) is 130 Å². The highest BCUT2D eigenvalue weighted by Crippen LogP contribution is 2.38. The molecule has 14 heteroatoms. The number of thioether (sulfide) groups is 2. The van der Waals surface area contributed by atoms with E-state index in [1.54, 1.807) is 24.3 Å². The average Bonchev–Trinajstić information content (AvgIpc) is 3.97. The fourth-order valence-corrected chi connectivity index (χ4v) is 6.86. The van der Waals surface area contributed by atoms with E-state index >= 15 is 0 Å². The van der Waals surface area contributed by atoms with E-state index in [1.165, 1.54) is 47.8 Å². The summed E-state index contributed by atoms with van der Waals surface area (Å²) in [6.45, 7) is 7.87. The van der Waals surface area contributed by atoms with E-state index in [0.717, 1.165) is 22.3 Å². The molecule has 0 unspecified atom stereocenters. The van der Waals surface area contributed by atoms with E-state index < -0.39 is 0 Å². The van der Waals surface area contributed by atoms with Crippen molar-refractivity contribution in [2.75, 3.05) is 0 Å². The number of hydrogen-bond donors (Lipinski definition) is 0. The molecule has 0 aliphatic heterocycles. The van der Waals surface area contributed by atoms with E-state index in [0.29, 0.717) is 91.7 Å². The van der Waals surface area contributed by atoms with Crippen LogP contribution in [-0.2, 0) is 24.3 Å². The van der Waals surface area contributed by atoms with Crippen molar-refractivity contribution in [1.82, 2.24) is 30.4 Å². The van der Waals surface area contributed by atoms with Crippen molar-refractivity contribution in [1.29, 1.82) is 0 Å². The highest BCUT2D eigenvalue weighted by molar-refractivity contribution is 7.98. The van der Waals surface area contributed by atoms with E-state index in [-0.39, 0.29) is 11.6 Å². The highest BCUT2D eigenvalue weighted by Gasteiger charge is 2.20. The molecule has 4 aromatic carbocycles. The fraction of sp³-hybridized carbons (Fsp3) is 0.105. The molecule has 0 saturated carbocycles. The first-order valence-electron chi connectivity index (χ1n) is 15.9. The molecular formula is C38H26F2N6O4S2. The third-order valence-corrected chi connectivity index (χ3v) is 9.51. The van der Waals surface area contributed by atoms with Crippen LogP contribution in [0.25, 0.3) is 56.2 Å². The van der Waals surface area contributed by atoms with Crippen molar-refractivity contribution >= 4 is 45.7 Å². The van der Waals surface area contributed by atoms with Crippen LogP contribution >= 0.6 is 23.5 Å². The van der Waals surface area contributed by atoms with E-state index in [9.17, 15) is 8.78 Å². The summed E-state index contributed by atoms with van der Waals surface area (Å²) in [5.41, 5.74) is 7.51. The van der Waals surface area contributed by atoms with Crippen LogP contribution in [0.2, 0.25) is 0 Å². The quantitative estimate of drug-likeness (QED) is 0.0826. The molecule has 0 aliphatic rings. The van der Waals surface area contributed by atoms with Gasteiger partial charge >= 0.3 is 0 Å². The van der Waals surface area contributed by atoms with Gasteiger partial charge in [0.15, 0.2) is 11.2 Å². The zero-order chi connectivity index (χ0) is 35.6. The number of allylic oxidation sites excluding steroid dienone is 2. The largest absolute Gasteiger partial charge is 0.431 e. The van der Waals surface area contributed by atoms with Gasteiger partial charge in [-0.2, -0.15) is 0 Å². The molecule has 0 radical (unpaired) electrons. The van der Waals surface area contributed by atoms with E-state index in [2.05, 4.69) is 39.6 Å². The molecule has 0 aliphatic carbocycles. The Hall–Kier alpha value is -5.86. The fourth-order valence-electron chi connectivity index (χ4n) is 5.53. The molecule has 4 aromatic heterocycles. The van der Waals surface area contributed by atoms with Gasteiger partial charge in [0.1, 0.15) is 22.7 Å². The van der Waals surface area contributed by atoms with E-state index in [4.69, 9.17) is 27.6 Å². The van der Waals surface area contributed by atoms with Gasteiger partial charge in [-0.05, 0) is 96.8 Å². The van der Waals surface area contributed by atoms with Gasteiger partial charge in [-0.15, -0.1) is 33.6 Å². The summed E-state index contributed by atoms with van der Waals surface area (Å²) in [5, 5.41) is 17.3. The maximum atomic E-state index is 13.3. The Labute approximate surface area is 303 Å². The molecule has 10 nitrogen and oxygen atoms in total. The van der Waals surface area contributed by atoms with Gasteiger partial charge in [0.05, 0.1) is 11.5 Å². The molecule has 8 rings (SSSR count). The van der Waals surface area contributed by atoms with Gasteiger partial charge in [-0.25, -0.2) is 18.7 Å². The van der Waals surface area contributed by atoms with Crippen LogP contribution in [0, 0.1) is 11.6 Å². The summed E-state index contributed by atoms with van der Waals surface area (Å²) in [6.07, 6.45) is 4.84. The molecule has 0 amide bonds. The monoisotopic (exact) mass is 732 g/mol. The van der Waals surface area contributed by atoms with Gasteiger partial charge < -0.3 is 17.7 Å². The van der Waals surface area contributed by atoms with Gasteiger partial charge in [0.25, 0.3) is 10.4 Å². The summed E-state index contributed by atoms with van der Waals surface area (Å²) in [5.74, 6) is 1.32. The second-order valence-corrected chi connectivity index (χ2v) is 13.4. The van der Waals surface area contributed by atoms with Crippen molar-refractivity contribution in [3.8, 4) is 34.0 Å². The van der Waals surface area contributed by atoms with Crippen molar-refractivity contribution in [2.24, 2.45) is 0 Å². The standard InChI is InChI=1S/C38H26F2N6O4S2/c1-3-5-21-15-28(34-29(16-21)41-38(50-34)52-20-32-44-46-36(48-32)23-9-13-27(40)14-10-23)25-17-24(6-4-2)33-30(18-25)42-37(49-33)51-19-31-43-45-35(47-31)22-7-11-26(39)12-8-22/h3-4,7-18H,1-2,5-6,19-20H2. The molecule has 0 saturated heterocycles. The van der Waals surface area contributed by atoms with Crippen LogP contribution in [0.4, 0.5) is 8.78 Å². The SMILES string of the molecule is C=CCc1cc(-c2cc(CC=C)c3oc(SCc4nnc(-c5ccc(F)cc5)o4)nc3c2)c2oc(SCc3nnc(-c4ccc(F)cc4)o3)nc2c1. The lowest BCUT2D eigenvalue weighted by Crippen LogP contribution is -1.89. The van der Waals surface area contributed by atoms with Gasteiger partial charge in [0, 0.05) is 22.3 Å². The molecule has 52 heavy (non-hydrogen) atoms. The number of oxazole rings is 2. The highest BCUT2D eigenvalue weighted by atomic mass is 32.2. The van der Waals surface area contributed by atoms with Crippen LogP contribution in [-0.4, -0.2) is 30.4 Å². The average molecular weight is 733 g/mol. The van der Waals surface area contributed by atoms with Crippen molar-refractivity contribution < 1.29 is 26.4 Å². The Balaban J connectivity index is 1.06. The van der Waals surface area contributed by atoms with Crippen LogP contribution in [0.3, 0.4) is 0 Å². The molecule has 0 bridgehead atoms. The van der Waals surface area contributed by atoms with Crippen molar-refractivity contribution in [2.45, 2.75) is 34.8 Å². The second kappa shape index (κ2) is 14.4. The third kappa shape index (κ3) is 7.02. The number of fused-ring (bicyclic) bond motifs is 2. The van der Waals surface area contributed by atoms with Gasteiger partial charge in [-0.3, -0.25) is 0 Å². The third-order valence-electron chi connectivity index (χ3n) is 7.89. The minimum Gasteiger partial charge on any atom is -0.431 e. The number of rotatable bonds is 13. The lowest BCUT2D eigenvalue weighted by molar-refractivity contribution is 0.484. The molecule has 8 aromatic rings. The first kappa shape index (κ1) is 33.3. The number of hydrogen-bond acceptors (Lipinski definition) is 12. The molecule has 0 atom stereocenters. The lowest BCUT2D eigenvalue weighted by atomic mass is 9.97. The van der Waals surface area contributed by atoms with Crippen molar-refractivity contribution in [3.63, 3.8) is 0 Å². The first-order valence-corrected chi connectivity index (χ1v) is 17.9. The Morgan fingerprint density at radius 2 is 1.12 bits per heavy atom. The molecule has 258 valence electrons. The van der Waals surface area contributed by atoms with Crippen molar-refractivity contribution in [3.05, 3.63) is 133 Å². The predicted molar refractivity (Wildman–Crippen MR) is 193 cm³/mol. The Bertz CT molecular complexity index is 2560. The van der Waals surface area contributed by atoms with Crippen LogP contribution in [0.1, 0.15) is 22.9 Å². The summed E-state index contributed by atoms with van der Waals surface area (Å²) >= 11 is 2.65. The normalized spacial score (nSPS) is 11.5. The predicted octanol–water partition coefficient (Wildman–Crippen LogP) is 10.1. The molecule has 0 fully saturated rings. The first-order chi connectivity index (χ1) is 25.4. The van der Waals surface area contributed by atoms with Gasteiger partial charge in [0.2, 0.25) is 23.6 Å². The summed E-state index contributed by atoms with van der Waals surface area (Å²) in [6, 6.07) is 19.8. The Morgan fingerprint density at radius 3 is 1.67 bits per heavy atom. The number of aromatic nitrogens is 6. The minimum atomic E-state index is -0.344. The van der Waals surface area contributed by atoms with Crippen LogP contribution in [0.15, 0.2) is 126 Å². The number of halogens is 2. The zero-order valence-electron chi connectivity index (χ0n) is 27.2. The maximum Gasteiger partial charge on any atom is 0.257 e. The van der Waals surface area contributed by atoms with Gasteiger partial charge in [-0.1, -0.05) is 35.7 Å². The molecule has 0 spiro atoms. The van der Waals surface area contributed by atoms with Crippen LogP contribution in [0.5, 0.6) is 0 Å². The minimum absolute atomic E-state index is 0.301. The Morgan fingerprint density at radius 1 is 0.577 bits per heavy atom. The molecule has 0 N–H and O–H groups in total. The smallest absolute Gasteiger partial charge is 0.257 e. The number of nitrogens with zero attached hydrogens (tertiary/aromatic N) is 6. The summed E-state index contributed by atoms with van der Waals surface area (Å²) in [4.78, 5) is 9.56. The van der Waals surface area contributed by atoms with E-state index in [1.807, 2.05) is 30.4 Å². The number of benzene rings is 4. The van der Waals surface area contributed by atoms with Crippen LogP contribution < -0.4 is 0 Å².